The van der Waals surface area contributed by atoms with E-state index in [1.54, 1.807) is 7.05 Å². The van der Waals surface area contributed by atoms with Crippen molar-refractivity contribution in [2.75, 3.05) is 12.4 Å². The summed E-state index contributed by atoms with van der Waals surface area (Å²) < 4.78 is 0. The Labute approximate surface area is 127 Å². The third-order valence-corrected chi connectivity index (χ3v) is 2.96. The van der Waals surface area contributed by atoms with Gasteiger partial charge in [0.1, 0.15) is 11.6 Å². The predicted molar refractivity (Wildman–Crippen MR) is 80.2 cm³/mol. The summed E-state index contributed by atoms with van der Waals surface area (Å²) in [6.07, 6.45) is 2.66. The van der Waals surface area contributed by atoms with E-state index in [0.29, 0.717) is 12.8 Å². The Morgan fingerprint density at radius 3 is 2.77 bits per heavy atom. The van der Waals surface area contributed by atoms with Crippen LogP contribution in [0.1, 0.15) is 17.8 Å². The molecule has 1 heterocycles. The molecule has 0 radical (unpaired) electrons. The summed E-state index contributed by atoms with van der Waals surface area (Å²) in [6, 6.07) is 9.61. The lowest BCUT2D eigenvalue weighted by molar-refractivity contribution is -0.120. The van der Waals surface area contributed by atoms with Crippen LogP contribution in [-0.2, 0) is 11.2 Å². The molecule has 112 valence electrons. The maximum atomic E-state index is 11.2. The van der Waals surface area contributed by atoms with E-state index in [9.17, 15) is 4.79 Å². The van der Waals surface area contributed by atoms with E-state index >= 15 is 0 Å². The summed E-state index contributed by atoms with van der Waals surface area (Å²) in [5, 5.41) is 27.8. The van der Waals surface area contributed by atoms with Gasteiger partial charge < -0.3 is 10.6 Å². The highest BCUT2D eigenvalue weighted by Crippen LogP contribution is 2.13. The number of anilines is 1. The largest absolute Gasteiger partial charge is 0.360 e. The van der Waals surface area contributed by atoms with Crippen LogP contribution in [0.3, 0.4) is 0 Å². The lowest BCUT2D eigenvalue weighted by atomic mass is 10.1. The first-order valence-corrected chi connectivity index (χ1v) is 6.63. The fourth-order valence-electron chi connectivity index (χ4n) is 1.73. The number of nitrogens with one attached hydrogen (secondary N) is 3. The van der Waals surface area contributed by atoms with Crippen molar-refractivity contribution in [3.8, 4) is 6.07 Å². The van der Waals surface area contributed by atoms with Crippen molar-refractivity contribution in [3.05, 3.63) is 41.9 Å². The number of amides is 1. The lowest BCUT2D eigenvalue weighted by Crippen LogP contribution is -2.17. The Balaban J connectivity index is 1.96. The molecule has 0 aliphatic heterocycles. The molecule has 0 aliphatic carbocycles. The van der Waals surface area contributed by atoms with E-state index < -0.39 is 0 Å². The molecule has 0 unspecified atom stereocenters. The SMILES string of the molecule is CNC(=O)CCc1ccc(NC=C(C#N)c2nn[nH]n2)cc1. The van der Waals surface area contributed by atoms with Crippen molar-refractivity contribution >= 4 is 17.2 Å². The molecule has 0 fully saturated rings. The van der Waals surface area contributed by atoms with Crippen LogP contribution in [0, 0.1) is 11.3 Å². The molecule has 1 aromatic heterocycles. The first-order chi connectivity index (χ1) is 10.7. The Morgan fingerprint density at radius 2 is 2.18 bits per heavy atom. The minimum absolute atomic E-state index is 0.0175. The number of benzene rings is 1. The molecule has 0 spiro atoms. The summed E-state index contributed by atoms with van der Waals surface area (Å²) in [5.41, 5.74) is 2.16. The molecule has 0 aliphatic rings. The van der Waals surface area contributed by atoms with Crippen LogP contribution in [0.15, 0.2) is 30.5 Å². The first kappa shape index (κ1) is 15.2. The molecule has 0 saturated heterocycles. The number of carbonyl (C=O) groups is 1. The Hall–Kier alpha value is -3.21. The van der Waals surface area contributed by atoms with Crippen LogP contribution in [0.4, 0.5) is 5.69 Å². The smallest absolute Gasteiger partial charge is 0.220 e. The van der Waals surface area contributed by atoms with E-state index in [-0.39, 0.29) is 17.3 Å². The minimum atomic E-state index is 0.0175. The van der Waals surface area contributed by atoms with Gasteiger partial charge in [0.2, 0.25) is 11.7 Å². The number of tetrazole rings is 1. The van der Waals surface area contributed by atoms with Crippen molar-refractivity contribution in [1.82, 2.24) is 25.9 Å². The van der Waals surface area contributed by atoms with Crippen LogP contribution >= 0.6 is 0 Å². The quantitative estimate of drug-likeness (QED) is 0.680. The molecule has 0 atom stereocenters. The number of aryl methyl sites for hydroxylation is 1. The molecule has 0 saturated carbocycles. The van der Waals surface area contributed by atoms with Gasteiger partial charge in [-0.3, -0.25) is 4.79 Å². The number of rotatable bonds is 6. The number of aromatic nitrogens is 4. The first-order valence-electron chi connectivity index (χ1n) is 6.63. The predicted octanol–water partition coefficient (Wildman–Crippen LogP) is 0.855. The summed E-state index contributed by atoms with van der Waals surface area (Å²) in [5.74, 6) is 0.251. The topological polar surface area (TPSA) is 119 Å². The van der Waals surface area contributed by atoms with E-state index in [1.807, 2.05) is 30.3 Å². The van der Waals surface area contributed by atoms with Crippen molar-refractivity contribution in [1.29, 1.82) is 5.26 Å². The van der Waals surface area contributed by atoms with Gasteiger partial charge in [-0.05, 0) is 29.3 Å². The molecule has 8 nitrogen and oxygen atoms in total. The summed E-state index contributed by atoms with van der Waals surface area (Å²) >= 11 is 0. The Morgan fingerprint density at radius 1 is 1.41 bits per heavy atom. The zero-order chi connectivity index (χ0) is 15.8. The van der Waals surface area contributed by atoms with Crippen LogP contribution in [-0.4, -0.2) is 33.6 Å². The third kappa shape index (κ3) is 4.14. The summed E-state index contributed by atoms with van der Waals surface area (Å²) in [7, 11) is 1.62. The third-order valence-electron chi connectivity index (χ3n) is 2.96. The molecule has 0 bridgehead atoms. The van der Waals surface area contributed by atoms with Gasteiger partial charge in [-0.2, -0.15) is 10.5 Å². The van der Waals surface area contributed by atoms with E-state index in [0.717, 1.165) is 11.3 Å². The standard InChI is InChI=1S/C14H15N7O/c1-16-13(22)7-4-10-2-5-12(6-3-10)17-9-11(8-15)14-18-20-21-19-14/h2-3,5-6,9,17H,4,7H2,1H3,(H,16,22)(H,18,19,20,21). The monoisotopic (exact) mass is 297 g/mol. The molecule has 1 amide bonds. The van der Waals surface area contributed by atoms with Gasteiger partial charge in [-0.1, -0.05) is 12.1 Å². The second kappa shape index (κ2) is 7.54. The Bertz CT molecular complexity index is 683. The molecule has 1 aromatic carbocycles. The van der Waals surface area contributed by atoms with Gasteiger partial charge in [0, 0.05) is 25.4 Å². The highest BCUT2D eigenvalue weighted by atomic mass is 16.1. The number of hydrogen-bond donors (Lipinski definition) is 3. The number of carbonyl (C=O) groups excluding carboxylic acids is 1. The molecular formula is C14H15N7O. The highest BCUT2D eigenvalue weighted by molar-refractivity contribution is 5.76. The zero-order valence-electron chi connectivity index (χ0n) is 12.0. The summed E-state index contributed by atoms with van der Waals surface area (Å²) in [6.45, 7) is 0. The average molecular weight is 297 g/mol. The number of allylic oxidation sites excluding steroid dienone is 1. The highest BCUT2D eigenvalue weighted by Gasteiger charge is 2.05. The van der Waals surface area contributed by atoms with Crippen LogP contribution in [0.25, 0.3) is 5.57 Å². The average Bonchev–Trinajstić information content (AvgIpc) is 3.08. The van der Waals surface area contributed by atoms with Gasteiger partial charge in [0.25, 0.3) is 0 Å². The maximum absolute atomic E-state index is 11.2. The molecule has 22 heavy (non-hydrogen) atoms. The fourth-order valence-corrected chi connectivity index (χ4v) is 1.73. The number of aromatic amines is 1. The summed E-state index contributed by atoms with van der Waals surface area (Å²) in [4.78, 5) is 11.2. The van der Waals surface area contributed by atoms with Gasteiger partial charge >= 0.3 is 0 Å². The van der Waals surface area contributed by atoms with E-state index in [4.69, 9.17) is 5.26 Å². The van der Waals surface area contributed by atoms with E-state index in [1.165, 1.54) is 6.20 Å². The number of hydrogen-bond acceptors (Lipinski definition) is 6. The van der Waals surface area contributed by atoms with Crippen molar-refractivity contribution in [2.24, 2.45) is 0 Å². The normalized spacial score (nSPS) is 10.8. The number of nitriles is 1. The van der Waals surface area contributed by atoms with Crippen molar-refractivity contribution in [3.63, 3.8) is 0 Å². The van der Waals surface area contributed by atoms with Gasteiger partial charge in [0.15, 0.2) is 0 Å². The molecule has 8 heteroatoms. The van der Waals surface area contributed by atoms with E-state index in [2.05, 4.69) is 31.3 Å². The van der Waals surface area contributed by atoms with Crippen LogP contribution in [0.2, 0.25) is 0 Å². The Kier molecular flexibility index (Phi) is 5.20. The van der Waals surface area contributed by atoms with Crippen LogP contribution < -0.4 is 10.6 Å². The second-order valence-corrected chi connectivity index (χ2v) is 4.42. The maximum Gasteiger partial charge on any atom is 0.220 e. The van der Waals surface area contributed by atoms with Crippen molar-refractivity contribution < 1.29 is 4.79 Å². The lowest BCUT2D eigenvalue weighted by Gasteiger charge is -2.04. The molecule has 3 N–H and O–H groups in total. The molecular weight excluding hydrogens is 282 g/mol. The number of nitrogens with zero attached hydrogens (tertiary/aromatic N) is 4. The second-order valence-electron chi connectivity index (χ2n) is 4.42. The molecule has 2 aromatic rings. The minimum Gasteiger partial charge on any atom is -0.360 e. The van der Waals surface area contributed by atoms with Crippen LogP contribution in [0.5, 0.6) is 0 Å². The fraction of sp³-hybridized carbons (Fsp3) is 0.214. The van der Waals surface area contributed by atoms with Crippen molar-refractivity contribution in [2.45, 2.75) is 12.8 Å². The number of H-pyrrole nitrogens is 1. The molecule has 2 rings (SSSR count). The van der Waals surface area contributed by atoms with Gasteiger partial charge in [-0.25, -0.2) is 0 Å². The zero-order valence-corrected chi connectivity index (χ0v) is 12.0. The van der Waals surface area contributed by atoms with Gasteiger partial charge in [0.05, 0.1) is 0 Å². The van der Waals surface area contributed by atoms with Gasteiger partial charge in [-0.15, -0.1) is 10.2 Å².